The lowest BCUT2D eigenvalue weighted by Crippen LogP contribution is -1.88. The lowest BCUT2D eigenvalue weighted by atomic mass is 10.1. The predicted octanol–water partition coefficient (Wildman–Crippen LogP) is 3.71. The molecule has 21 heavy (non-hydrogen) atoms. The first kappa shape index (κ1) is 13.7. The second-order valence-corrected chi connectivity index (χ2v) is 5.80. The summed E-state index contributed by atoms with van der Waals surface area (Å²) in [6, 6.07) is 6.40. The standard InChI is InChI=1S/C14H14N4O2S/c1-2-3-4-13-16-17-9-12(15-14(17)21-13)10-5-7-11(8-6-10)18(19)20/h5-9H,2-4H2,1H3. The zero-order valence-corrected chi connectivity index (χ0v) is 12.3. The largest absolute Gasteiger partial charge is 0.269 e. The van der Waals surface area contributed by atoms with E-state index in [1.807, 2.05) is 6.20 Å². The molecule has 3 aromatic rings. The van der Waals surface area contributed by atoms with Crippen molar-refractivity contribution in [2.24, 2.45) is 0 Å². The second kappa shape index (κ2) is 5.61. The van der Waals surface area contributed by atoms with Crippen LogP contribution in [0.3, 0.4) is 0 Å². The maximum Gasteiger partial charge on any atom is 0.269 e. The van der Waals surface area contributed by atoms with Gasteiger partial charge in [-0.1, -0.05) is 24.7 Å². The molecule has 2 heterocycles. The van der Waals surface area contributed by atoms with E-state index in [2.05, 4.69) is 17.0 Å². The number of nitro groups is 1. The smallest absolute Gasteiger partial charge is 0.258 e. The lowest BCUT2D eigenvalue weighted by Gasteiger charge is -1.95. The molecule has 0 aliphatic carbocycles. The van der Waals surface area contributed by atoms with E-state index in [1.54, 1.807) is 28.0 Å². The van der Waals surface area contributed by atoms with Gasteiger partial charge in [-0.25, -0.2) is 9.50 Å². The van der Waals surface area contributed by atoms with Crippen LogP contribution in [0.5, 0.6) is 0 Å². The molecular weight excluding hydrogens is 288 g/mol. The summed E-state index contributed by atoms with van der Waals surface area (Å²) in [6.45, 7) is 2.16. The fourth-order valence-corrected chi connectivity index (χ4v) is 2.98. The average Bonchev–Trinajstić information content (AvgIpc) is 3.03. The fraction of sp³-hybridized carbons (Fsp3) is 0.286. The van der Waals surface area contributed by atoms with Crippen LogP contribution in [-0.2, 0) is 6.42 Å². The molecular formula is C14H14N4O2S. The molecule has 0 N–H and O–H groups in total. The van der Waals surface area contributed by atoms with Crippen LogP contribution in [0.15, 0.2) is 30.5 Å². The Morgan fingerprint density at radius 3 is 2.71 bits per heavy atom. The van der Waals surface area contributed by atoms with Gasteiger partial charge in [0.25, 0.3) is 5.69 Å². The molecule has 0 radical (unpaired) electrons. The number of fused-ring (bicyclic) bond motifs is 1. The van der Waals surface area contributed by atoms with E-state index in [9.17, 15) is 10.1 Å². The van der Waals surface area contributed by atoms with E-state index in [1.165, 1.54) is 12.1 Å². The maximum absolute atomic E-state index is 10.6. The average molecular weight is 302 g/mol. The highest BCUT2D eigenvalue weighted by Gasteiger charge is 2.11. The van der Waals surface area contributed by atoms with E-state index >= 15 is 0 Å². The van der Waals surface area contributed by atoms with Crippen LogP contribution < -0.4 is 0 Å². The molecule has 0 saturated heterocycles. The number of rotatable bonds is 5. The second-order valence-electron chi connectivity index (χ2n) is 4.76. The van der Waals surface area contributed by atoms with Crippen LogP contribution >= 0.6 is 11.3 Å². The molecule has 3 rings (SSSR count). The third-order valence-corrected chi connectivity index (χ3v) is 4.19. The number of aromatic nitrogens is 3. The number of non-ortho nitro benzene ring substituents is 1. The van der Waals surface area contributed by atoms with Crippen molar-refractivity contribution in [3.63, 3.8) is 0 Å². The minimum Gasteiger partial charge on any atom is -0.258 e. The number of imidazole rings is 1. The molecule has 0 atom stereocenters. The molecule has 2 aromatic heterocycles. The molecule has 6 nitrogen and oxygen atoms in total. The third kappa shape index (κ3) is 2.78. The van der Waals surface area contributed by atoms with Gasteiger partial charge in [0.2, 0.25) is 4.96 Å². The van der Waals surface area contributed by atoms with Gasteiger partial charge < -0.3 is 0 Å². The number of nitro benzene ring substituents is 1. The summed E-state index contributed by atoms with van der Waals surface area (Å²) in [5, 5.41) is 16.2. The Bertz CT molecular complexity index is 744. The van der Waals surface area contributed by atoms with Gasteiger partial charge in [0.05, 0.1) is 16.8 Å². The van der Waals surface area contributed by atoms with Crippen molar-refractivity contribution < 1.29 is 4.92 Å². The molecule has 0 unspecified atom stereocenters. The van der Waals surface area contributed by atoms with Crippen molar-refractivity contribution >= 4 is 22.0 Å². The van der Waals surface area contributed by atoms with Crippen molar-refractivity contribution in [1.82, 2.24) is 14.6 Å². The van der Waals surface area contributed by atoms with Crippen LogP contribution in [0, 0.1) is 10.1 Å². The van der Waals surface area contributed by atoms with Crippen molar-refractivity contribution in [2.45, 2.75) is 26.2 Å². The highest BCUT2D eigenvalue weighted by atomic mass is 32.1. The molecule has 0 amide bonds. The molecule has 0 spiro atoms. The monoisotopic (exact) mass is 302 g/mol. The summed E-state index contributed by atoms with van der Waals surface area (Å²) in [5.74, 6) is 0. The first-order chi connectivity index (χ1) is 10.2. The Kier molecular flexibility index (Phi) is 3.66. The summed E-state index contributed by atoms with van der Waals surface area (Å²) < 4.78 is 1.78. The van der Waals surface area contributed by atoms with Gasteiger partial charge in [0, 0.05) is 24.1 Å². The maximum atomic E-state index is 10.6. The molecule has 0 saturated carbocycles. The summed E-state index contributed by atoms with van der Waals surface area (Å²) in [4.78, 5) is 15.6. The van der Waals surface area contributed by atoms with Crippen molar-refractivity contribution in [1.29, 1.82) is 0 Å². The van der Waals surface area contributed by atoms with Crippen LogP contribution in [0.4, 0.5) is 5.69 Å². The minimum absolute atomic E-state index is 0.0831. The number of aryl methyl sites for hydroxylation is 1. The van der Waals surface area contributed by atoms with Gasteiger partial charge in [0.1, 0.15) is 5.01 Å². The summed E-state index contributed by atoms with van der Waals surface area (Å²) in [6.07, 6.45) is 5.13. The normalized spacial score (nSPS) is 11.1. The zero-order valence-electron chi connectivity index (χ0n) is 11.5. The van der Waals surface area contributed by atoms with E-state index in [4.69, 9.17) is 0 Å². The number of hydrogen-bond acceptors (Lipinski definition) is 5. The third-order valence-electron chi connectivity index (χ3n) is 3.20. The van der Waals surface area contributed by atoms with E-state index < -0.39 is 4.92 Å². The first-order valence-corrected chi connectivity index (χ1v) is 7.59. The van der Waals surface area contributed by atoms with E-state index in [0.717, 1.165) is 40.5 Å². The Morgan fingerprint density at radius 1 is 1.33 bits per heavy atom. The fourth-order valence-electron chi connectivity index (χ4n) is 2.06. The van der Waals surface area contributed by atoms with Crippen LogP contribution in [0.1, 0.15) is 24.8 Å². The predicted molar refractivity (Wildman–Crippen MR) is 81.6 cm³/mol. The van der Waals surface area contributed by atoms with Crippen molar-refractivity contribution in [2.75, 3.05) is 0 Å². The molecule has 108 valence electrons. The molecule has 0 fully saturated rings. The molecule has 1 aromatic carbocycles. The van der Waals surface area contributed by atoms with Crippen LogP contribution in [-0.4, -0.2) is 19.5 Å². The summed E-state index contributed by atoms with van der Waals surface area (Å²) in [5.41, 5.74) is 1.72. The summed E-state index contributed by atoms with van der Waals surface area (Å²) >= 11 is 1.59. The van der Waals surface area contributed by atoms with Gasteiger partial charge in [-0.2, -0.15) is 5.10 Å². The van der Waals surface area contributed by atoms with Crippen molar-refractivity contribution in [3.05, 3.63) is 45.6 Å². The van der Waals surface area contributed by atoms with Gasteiger partial charge in [-0.05, 0) is 18.6 Å². The first-order valence-electron chi connectivity index (χ1n) is 6.77. The Labute approximate surface area is 125 Å². The lowest BCUT2D eigenvalue weighted by molar-refractivity contribution is -0.384. The SMILES string of the molecule is CCCCc1nn2cc(-c3ccc([N+](=O)[O-])cc3)nc2s1. The highest BCUT2D eigenvalue weighted by molar-refractivity contribution is 7.16. The molecule has 0 aliphatic rings. The molecule has 0 bridgehead atoms. The zero-order chi connectivity index (χ0) is 14.8. The van der Waals surface area contributed by atoms with Gasteiger partial charge >= 0.3 is 0 Å². The van der Waals surface area contributed by atoms with Gasteiger partial charge in [-0.15, -0.1) is 0 Å². The van der Waals surface area contributed by atoms with Crippen LogP contribution in [0.25, 0.3) is 16.2 Å². The van der Waals surface area contributed by atoms with Crippen molar-refractivity contribution in [3.8, 4) is 11.3 Å². The quantitative estimate of drug-likeness (QED) is 0.532. The Morgan fingerprint density at radius 2 is 2.10 bits per heavy atom. The minimum atomic E-state index is -0.406. The number of benzene rings is 1. The van der Waals surface area contributed by atoms with E-state index in [-0.39, 0.29) is 5.69 Å². The van der Waals surface area contributed by atoms with Gasteiger partial charge in [-0.3, -0.25) is 10.1 Å². The molecule has 7 heteroatoms. The Balaban J connectivity index is 1.87. The number of unbranched alkanes of at least 4 members (excludes halogenated alkanes) is 1. The van der Waals surface area contributed by atoms with Gasteiger partial charge in [0.15, 0.2) is 0 Å². The number of hydrogen-bond donors (Lipinski definition) is 0. The molecule has 0 aliphatic heterocycles. The summed E-state index contributed by atoms with van der Waals surface area (Å²) in [7, 11) is 0. The number of nitrogens with zero attached hydrogens (tertiary/aromatic N) is 4. The Hall–Kier alpha value is -2.28. The van der Waals surface area contributed by atoms with E-state index in [0.29, 0.717) is 0 Å². The topological polar surface area (TPSA) is 73.3 Å². The van der Waals surface area contributed by atoms with Crippen LogP contribution in [0.2, 0.25) is 0 Å². The highest BCUT2D eigenvalue weighted by Crippen LogP contribution is 2.24.